The summed E-state index contributed by atoms with van der Waals surface area (Å²) in [5, 5.41) is 16.9. The topological polar surface area (TPSA) is 76.4 Å². The van der Waals surface area contributed by atoms with Gasteiger partial charge in [0.15, 0.2) is 0 Å². The maximum absolute atomic E-state index is 12.0. The SMILES string of the molecule is COCCn1ncc(NCC2CCC(O)CC2)c(Cl)c1=O. The zero-order valence-corrected chi connectivity index (χ0v) is 13.0. The molecule has 2 rings (SSSR count). The highest BCUT2D eigenvalue weighted by Gasteiger charge is 2.19. The summed E-state index contributed by atoms with van der Waals surface area (Å²) in [5.74, 6) is 0.500. The Morgan fingerprint density at radius 3 is 2.86 bits per heavy atom. The highest BCUT2D eigenvalue weighted by atomic mass is 35.5. The number of nitrogens with zero attached hydrogens (tertiary/aromatic N) is 2. The summed E-state index contributed by atoms with van der Waals surface area (Å²) in [6, 6.07) is 0. The minimum Gasteiger partial charge on any atom is -0.393 e. The van der Waals surface area contributed by atoms with Crippen molar-refractivity contribution in [3.63, 3.8) is 0 Å². The normalized spacial score (nSPS) is 22.2. The Morgan fingerprint density at radius 2 is 2.19 bits per heavy atom. The molecule has 0 aromatic carbocycles. The number of halogens is 1. The van der Waals surface area contributed by atoms with Gasteiger partial charge in [-0.15, -0.1) is 0 Å². The van der Waals surface area contributed by atoms with Crippen molar-refractivity contribution in [2.75, 3.05) is 25.6 Å². The number of aliphatic hydroxyl groups excluding tert-OH is 1. The standard InChI is InChI=1S/C14H22ClN3O3/c1-21-7-6-18-14(20)13(15)12(9-17-18)16-8-10-2-4-11(19)5-3-10/h9-11,16,19H,2-8H2,1H3. The summed E-state index contributed by atoms with van der Waals surface area (Å²) < 4.78 is 6.23. The van der Waals surface area contributed by atoms with E-state index in [4.69, 9.17) is 16.3 Å². The van der Waals surface area contributed by atoms with Crippen molar-refractivity contribution in [3.8, 4) is 0 Å². The van der Waals surface area contributed by atoms with Gasteiger partial charge < -0.3 is 15.2 Å². The van der Waals surface area contributed by atoms with Crippen molar-refractivity contribution in [2.45, 2.75) is 38.3 Å². The second-order valence-electron chi connectivity index (χ2n) is 5.45. The van der Waals surface area contributed by atoms with Gasteiger partial charge in [0, 0.05) is 13.7 Å². The van der Waals surface area contributed by atoms with Crippen molar-refractivity contribution in [3.05, 3.63) is 21.6 Å². The zero-order chi connectivity index (χ0) is 15.2. The number of aliphatic hydroxyl groups is 1. The summed E-state index contributed by atoms with van der Waals surface area (Å²) in [7, 11) is 1.57. The lowest BCUT2D eigenvalue weighted by Crippen LogP contribution is -2.27. The molecule has 1 saturated carbocycles. The van der Waals surface area contributed by atoms with Crippen LogP contribution in [0, 0.1) is 5.92 Å². The summed E-state index contributed by atoms with van der Waals surface area (Å²) >= 11 is 6.10. The highest BCUT2D eigenvalue weighted by Crippen LogP contribution is 2.25. The van der Waals surface area contributed by atoms with Crippen LogP contribution in [0.15, 0.2) is 11.0 Å². The summed E-state index contributed by atoms with van der Waals surface area (Å²) in [4.78, 5) is 12.0. The lowest BCUT2D eigenvalue weighted by molar-refractivity contribution is 0.111. The molecule has 0 amide bonds. The molecule has 0 unspecified atom stereocenters. The van der Waals surface area contributed by atoms with E-state index in [2.05, 4.69) is 10.4 Å². The number of rotatable bonds is 6. The van der Waals surface area contributed by atoms with Crippen LogP contribution in [-0.4, -0.2) is 41.3 Å². The fourth-order valence-electron chi connectivity index (χ4n) is 2.53. The van der Waals surface area contributed by atoms with Crippen molar-refractivity contribution in [1.29, 1.82) is 0 Å². The summed E-state index contributed by atoms with van der Waals surface area (Å²) in [6.07, 6.45) is 5.09. The van der Waals surface area contributed by atoms with Gasteiger partial charge in [0.25, 0.3) is 5.56 Å². The number of ether oxygens (including phenoxy) is 1. The summed E-state index contributed by atoms with van der Waals surface area (Å²) in [6.45, 7) is 1.55. The average molecular weight is 316 g/mol. The van der Waals surface area contributed by atoms with E-state index in [-0.39, 0.29) is 16.7 Å². The van der Waals surface area contributed by atoms with Crippen molar-refractivity contribution >= 4 is 17.3 Å². The molecule has 0 bridgehead atoms. The first-order valence-electron chi connectivity index (χ1n) is 7.28. The Kier molecular flexibility index (Phi) is 6.02. The van der Waals surface area contributed by atoms with Crippen LogP contribution >= 0.6 is 11.6 Å². The van der Waals surface area contributed by atoms with Crippen molar-refractivity contribution in [2.24, 2.45) is 5.92 Å². The third-order valence-corrected chi connectivity index (χ3v) is 4.25. The quantitative estimate of drug-likeness (QED) is 0.832. The second-order valence-corrected chi connectivity index (χ2v) is 5.83. The van der Waals surface area contributed by atoms with E-state index >= 15 is 0 Å². The first-order valence-corrected chi connectivity index (χ1v) is 7.66. The van der Waals surface area contributed by atoms with Gasteiger partial charge in [-0.2, -0.15) is 5.10 Å². The maximum atomic E-state index is 12.0. The Hall–Kier alpha value is -1.11. The first kappa shape index (κ1) is 16.3. The molecule has 0 spiro atoms. The van der Waals surface area contributed by atoms with Crippen LogP contribution < -0.4 is 10.9 Å². The van der Waals surface area contributed by atoms with Crippen LogP contribution in [0.1, 0.15) is 25.7 Å². The van der Waals surface area contributed by atoms with Gasteiger partial charge in [0.2, 0.25) is 0 Å². The Labute approximate surface area is 129 Å². The van der Waals surface area contributed by atoms with Gasteiger partial charge in [-0.25, -0.2) is 4.68 Å². The minimum absolute atomic E-state index is 0.156. The predicted molar refractivity (Wildman–Crippen MR) is 81.8 cm³/mol. The monoisotopic (exact) mass is 315 g/mol. The van der Waals surface area contributed by atoms with Crippen LogP contribution in [0.4, 0.5) is 5.69 Å². The van der Waals surface area contributed by atoms with Crippen LogP contribution in [0.2, 0.25) is 5.02 Å². The molecule has 0 saturated heterocycles. The molecular weight excluding hydrogens is 294 g/mol. The second kappa shape index (κ2) is 7.77. The minimum atomic E-state index is -0.308. The number of hydrogen-bond donors (Lipinski definition) is 2. The fraction of sp³-hybridized carbons (Fsp3) is 0.714. The van der Waals surface area contributed by atoms with Crippen molar-refractivity contribution in [1.82, 2.24) is 9.78 Å². The zero-order valence-electron chi connectivity index (χ0n) is 12.2. The Bertz CT molecular complexity index is 513. The molecule has 0 aliphatic heterocycles. The number of methoxy groups -OCH3 is 1. The molecular formula is C14H22ClN3O3. The molecule has 1 aliphatic rings. The van der Waals surface area contributed by atoms with E-state index in [0.29, 0.717) is 24.8 Å². The molecule has 6 nitrogen and oxygen atoms in total. The number of nitrogens with one attached hydrogen (secondary N) is 1. The molecule has 0 atom stereocenters. The van der Waals surface area contributed by atoms with E-state index in [0.717, 1.165) is 32.2 Å². The highest BCUT2D eigenvalue weighted by molar-refractivity contribution is 6.32. The molecule has 0 radical (unpaired) electrons. The van der Waals surface area contributed by atoms with Crippen LogP contribution in [0.5, 0.6) is 0 Å². The predicted octanol–water partition coefficient (Wildman–Crippen LogP) is 1.51. The first-order chi connectivity index (χ1) is 10.1. The molecule has 1 aromatic rings. The van der Waals surface area contributed by atoms with Crippen LogP contribution in [0.25, 0.3) is 0 Å². The average Bonchev–Trinajstić information content (AvgIpc) is 2.49. The van der Waals surface area contributed by atoms with Gasteiger partial charge in [0.1, 0.15) is 5.02 Å². The molecule has 2 N–H and O–H groups in total. The molecule has 7 heteroatoms. The lowest BCUT2D eigenvalue weighted by Gasteiger charge is -2.25. The van der Waals surface area contributed by atoms with Gasteiger partial charge in [-0.05, 0) is 31.6 Å². The Balaban J connectivity index is 1.94. The van der Waals surface area contributed by atoms with E-state index in [9.17, 15) is 9.90 Å². The van der Waals surface area contributed by atoms with Crippen LogP contribution in [0.3, 0.4) is 0 Å². The maximum Gasteiger partial charge on any atom is 0.287 e. The number of aromatic nitrogens is 2. The lowest BCUT2D eigenvalue weighted by atomic mass is 9.87. The van der Waals surface area contributed by atoms with Gasteiger partial charge in [0.05, 0.1) is 31.1 Å². The van der Waals surface area contributed by atoms with Crippen molar-refractivity contribution < 1.29 is 9.84 Å². The third kappa shape index (κ3) is 4.43. The fourth-order valence-corrected chi connectivity index (χ4v) is 2.74. The Morgan fingerprint density at radius 1 is 1.48 bits per heavy atom. The van der Waals surface area contributed by atoms with Gasteiger partial charge in [-0.1, -0.05) is 11.6 Å². The molecule has 21 heavy (non-hydrogen) atoms. The van der Waals surface area contributed by atoms with E-state index in [1.807, 2.05) is 0 Å². The molecule has 1 heterocycles. The van der Waals surface area contributed by atoms with Crippen LogP contribution in [-0.2, 0) is 11.3 Å². The largest absolute Gasteiger partial charge is 0.393 e. The van der Waals surface area contributed by atoms with E-state index < -0.39 is 0 Å². The molecule has 1 aliphatic carbocycles. The third-order valence-electron chi connectivity index (χ3n) is 3.89. The number of anilines is 1. The summed E-state index contributed by atoms with van der Waals surface area (Å²) in [5.41, 5.74) is 0.263. The smallest absolute Gasteiger partial charge is 0.287 e. The van der Waals surface area contributed by atoms with Gasteiger partial charge in [-0.3, -0.25) is 4.79 Å². The van der Waals surface area contributed by atoms with E-state index in [1.54, 1.807) is 13.3 Å². The molecule has 1 aromatic heterocycles. The van der Waals surface area contributed by atoms with E-state index in [1.165, 1.54) is 4.68 Å². The molecule has 118 valence electrons. The number of hydrogen-bond acceptors (Lipinski definition) is 5. The molecule has 1 fully saturated rings. The van der Waals surface area contributed by atoms with Gasteiger partial charge >= 0.3 is 0 Å².